The first-order chi connectivity index (χ1) is 4.18. The first-order valence-corrected chi connectivity index (χ1v) is 3.55. The van der Waals surface area contributed by atoms with Gasteiger partial charge in [0, 0.05) is 6.54 Å². The molecule has 1 atom stereocenters. The van der Waals surface area contributed by atoms with Crippen LogP contribution in [0.5, 0.6) is 0 Å². The zero-order valence-electron chi connectivity index (χ0n) is 6.59. The molecule has 0 aliphatic rings. The third kappa shape index (κ3) is 4.22. The van der Waals surface area contributed by atoms with Gasteiger partial charge in [-0.05, 0) is 11.8 Å². The second kappa shape index (κ2) is 4.57. The molecule has 0 aliphatic carbocycles. The van der Waals surface area contributed by atoms with Gasteiger partial charge in [-0.3, -0.25) is 0 Å². The fourth-order valence-electron chi connectivity index (χ4n) is 0.515. The van der Waals surface area contributed by atoms with Gasteiger partial charge in [0.2, 0.25) is 0 Å². The minimum Gasteiger partial charge on any atom is -0.327 e. The summed E-state index contributed by atoms with van der Waals surface area (Å²) in [5.41, 5.74) is 5.29. The molecule has 1 heteroatoms. The van der Waals surface area contributed by atoms with Crippen LogP contribution in [0.1, 0.15) is 20.8 Å². The van der Waals surface area contributed by atoms with Crippen LogP contribution < -0.4 is 5.73 Å². The summed E-state index contributed by atoms with van der Waals surface area (Å²) in [6, 6.07) is 0. The zero-order chi connectivity index (χ0) is 7.28. The van der Waals surface area contributed by atoms with Gasteiger partial charge in [0.05, 0.1) is 0 Å². The Morgan fingerprint density at radius 2 is 1.89 bits per heavy atom. The van der Waals surface area contributed by atoms with E-state index in [-0.39, 0.29) is 0 Å². The van der Waals surface area contributed by atoms with Gasteiger partial charge in [0.1, 0.15) is 0 Å². The Kier molecular flexibility index (Phi) is 4.41. The van der Waals surface area contributed by atoms with Gasteiger partial charge in [0.25, 0.3) is 0 Å². The summed E-state index contributed by atoms with van der Waals surface area (Å²) in [6.45, 7) is 7.30. The lowest BCUT2D eigenvalue weighted by molar-refractivity contribution is 0.503. The fraction of sp³-hybridized carbons (Fsp3) is 0.750. The van der Waals surface area contributed by atoms with Gasteiger partial charge in [-0.2, -0.15) is 0 Å². The van der Waals surface area contributed by atoms with Crippen LogP contribution in [0, 0.1) is 11.8 Å². The largest absolute Gasteiger partial charge is 0.327 e. The molecule has 0 bridgehead atoms. The number of hydrogen-bond acceptors (Lipinski definition) is 1. The quantitative estimate of drug-likeness (QED) is 0.575. The van der Waals surface area contributed by atoms with Crippen molar-refractivity contribution < 1.29 is 0 Å². The molecule has 0 fully saturated rings. The predicted octanol–water partition coefficient (Wildman–Crippen LogP) is 1.79. The van der Waals surface area contributed by atoms with Crippen LogP contribution in [-0.2, 0) is 0 Å². The van der Waals surface area contributed by atoms with E-state index in [2.05, 4.69) is 26.8 Å². The topological polar surface area (TPSA) is 26.0 Å². The van der Waals surface area contributed by atoms with Crippen LogP contribution in [0.2, 0.25) is 0 Å². The lowest BCUT2D eigenvalue weighted by Crippen LogP contribution is -2.01. The smallest absolute Gasteiger partial charge is 0.0106 e. The molecule has 0 aromatic carbocycles. The monoisotopic (exact) mass is 127 g/mol. The van der Waals surface area contributed by atoms with Crippen LogP contribution in [0.15, 0.2) is 12.2 Å². The molecule has 54 valence electrons. The number of hydrogen-bond donors (Lipinski definition) is 1. The standard InChI is InChI=1S/C8H17N/c1-7(2)8(3)5-4-6-9/h4-5,7-8H,6,9H2,1-3H3/b5-4-. The van der Waals surface area contributed by atoms with Gasteiger partial charge in [0.15, 0.2) is 0 Å². The molecule has 0 saturated carbocycles. The Labute approximate surface area is 57.9 Å². The van der Waals surface area contributed by atoms with Crippen molar-refractivity contribution in [2.24, 2.45) is 17.6 Å². The second-order valence-corrected chi connectivity index (χ2v) is 2.77. The molecular formula is C8H17N. The van der Waals surface area contributed by atoms with Gasteiger partial charge >= 0.3 is 0 Å². The van der Waals surface area contributed by atoms with Crippen LogP contribution in [0.3, 0.4) is 0 Å². The van der Waals surface area contributed by atoms with E-state index in [4.69, 9.17) is 5.73 Å². The maximum absolute atomic E-state index is 5.29. The Bertz CT molecular complexity index is 84.6. The first-order valence-electron chi connectivity index (χ1n) is 3.55. The average Bonchev–Trinajstić information content (AvgIpc) is 1.82. The maximum atomic E-state index is 5.29. The minimum atomic E-state index is 0.661. The van der Waals surface area contributed by atoms with Crippen molar-refractivity contribution in [1.29, 1.82) is 0 Å². The summed E-state index contributed by atoms with van der Waals surface area (Å²) in [7, 11) is 0. The second-order valence-electron chi connectivity index (χ2n) is 2.77. The van der Waals surface area contributed by atoms with Crippen molar-refractivity contribution in [3.8, 4) is 0 Å². The highest BCUT2D eigenvalue weighted by Gasteiger charge is 1.99. The fourth-order valence-corrected chi connectivity index (χ4v) is 0.515. The molecule has 2 N–H and O–H groups in total. The molecule has 0 saturated heterocycles. The van der Waals surface area contributed by atoms with Crippen molar-refractivity contribution in [3.63, 3.8) is 0 Å². The molecule has 0 aromatic heterocycles. The molecule has 0 radical (unpaired) electrons. The third-order valence-corrected chi connectivity index (χ3v) is 1.63. The Hall–Kier alpha value is -0.300. The maximum Gasteiger partial charge on any atom is 0.0106 e. The average molecular weight is 127 g/mol. The van der Waals surface area contributed by atoms with Crippen LogP contribution >= 0.6 is 0 Å². The van der Waals surface area contributed by atoms with E-state index >= 15 is 0 Å². The molecule has 0 heterocycles. The molecule has 9 heavy (non-hydrogen) atoms. The van der Waals surface area contributed by atoms with Crippen molar-refractivity contribution in [2.45, 2.75) is 20.8 Å². The van der Waals surface area contributed by atoms with E-state index < -0.39 is 0 Å². The number of rotatable bonds is 3. The predicted molar refractivity (Wildman–Crippen MR) is 42.2 cm³/mol. The highest BCUT2D eigenvalue weighted by Crippen LogP contribution is 2.09. The Morgan fingerprint density at radius 1 is 1.33 bits per heavy atom. The highest BCUT2D eigenvalue weighted by molar-refractivity contribution is 4.88. The van der Waals surface area contributed by atoms with Crippen molar-refractivity contribution in [3.05, 3.63) is 12.2 Å². The van der Waals surface area contributed by atoms with Crippen molar-refractivity contribution in [1.82, 2.24) is 0 Å². The van der Waals surface area contributed by atoms with E-state index in [0.717, 1.165) is 5.92 Å². The van der Waals surface area contributed by atoms with E-state index in [1.54, 1.807) is 0 Å². The minimum absolute atomic E-state index is 0.661. The molecule has 0 aliphatic heterocycles. The summed E-state index contributed by atoms with van der Waals surface area (Å²) < 4.78 is 0. The van der Waals surface area contributed by atoms with Gasteiger partial charge in [-0.25, -0.2) is 0 Å². The summed E-state index contributed by atoms with van der Waals surface area (Å²) in [4.78, 5) is 0. The summed E-state index contributed by atoms with van der Waals surface area (Å²) in [5.74, 6) is 1.39. The van der Waals surface area contributed by atoms with Crippen molar-refractivity contribution in [2.75, 3.05) is 6.54 Å². The molecule has 0 amide bonds. The Morgan fingerprint density at radius 3 is 2.22 bits per heavy atom. The summed E-state index contributed by atoms with van der Waals surface area (Å²) in [6.07, 6.45) is 4.19. The molecular weight excluding hydrogens is 110 g/mol. The number of nitrogens with two attached hydrogens (primary N) is 1. The van der Waals surface area contributed by atoms with E-state index in [1.807, 2.05) is 6.08 Å². The van der Waals surface area contributed by atoms with Gasteiger partial charge < -0.3 is 5.73 Å². The lowest BCUT2D eigenvalue weighted by Gasteiger charge is -2.08. The van der Waals surface area contributed by atoms with E-state index in [0.29, 0.717) is 12.5 Å². The SMILES string of the molecule is CC(C)C(C)/C=C\CN. The zero-order valence-corrected chi connectivity index (χ0v) is 6.59. The molecule has 1 unspecified atom stereocenters. The number of allylic oxidation sites excluding steroid dienone is 1. The van der Waals surface area contributed by atoms with E-state index in [9.17, 15) is 0 Å². The summed E-state index contributed by atoms with van der Waals surface area (Å²) in [5, 5.41) is 0. The first kappa shape index (κ1) is 8.70. The van der Waals surface area contributed by atoms with Gasteiger partial charge in [-0.1, -0.05) is 32.9 Å². The van der Waals surface area contributed by atoms with Crippen molar-refractivity contribution >= 4 is 0 Å². The van der Waals surface area contributed by atoms with Crippen LogP contribution in [0.25, 0.3) is 0 Å². The summed E-state index contributed by atoms with van der Waals surface area (Å²) >= 11 is 0. The van der Waals surface area contributed by atoms with E-state index in [1.165, 1.54) is 0 Å². The van der Waals surface area contributed by atoms with Crippen LogP contribution in [-0.4, -0.2) is 6.54 Å². The highest BCUT2D eigenvalue weighted by atomic mass is 14.5. The van der Waals surface area contributed by atoms with Crippen LogP contribution in [0.4, 0.5) is 0 Å². The molecule has 0 aromatic rings. The van der Waals surface area contributed by atoms with Gasteiger partial charge in [-0.15, -0.1) is 0 Å². The molecule has 0 spiro atoms. The lowest BCUT2D eigenvalue weighted by atomic mass is 9.98. The Balaban J connectivity index is 3.48. The molecule has 1 nitrogen and oxygen atoms in total. The third-order valence-electron chi connectivity index (χ3n) is 1.63. The normalized spacial score (nSPS) is 15.2. The molecule has 0 rings (SSSR count).